The quantitative estimate of drug-likeness (QED) is 0.742. The second-order valence-electron chi connectivity index (χ2n) is 5.42. The Morgan fingerprint density at radius 3 is 2.25 bits per heavy atom. The first-order valence-corrected chi connectivity index (χ1v) is 8.59. The minimum absolute atomic E-state index is 0.249. The number of nitrogens with one attached hydrogen (secondary N) is 1. The molecule has 0 radical (unpaired) electrons. The topological polar surface area (TPSA) is 37.8 Å². The molecular formula is C20H28FN3. The van der Waals surface area contributed by atoms with Gasteiger partial charge in [0.05, 0.1) is 11.4 Å². The Bertz CT molecular complexity index is 661. The number of allylic oxidation sites excluding steroid dienone is 1. The van der Waals surface area contributed by atoms with Crippen LogP contribution < -0.4 is 5.32 Å². The lowest BCUT2D eigenvalue weighted by atomic mass is 9.98. The fraction of sp³-hybridized carbons (Fsp3) is 0.400. The molecule has 0 spiro atoms. The molecule has 0 amide bonds. The molecule has 0 atom stereocenters. The van der Waals surface area contributed by atoms with E-state index in [9.17, 15) is 4.39 Å². The standard InChI is InChI=1S/C18H22FN3.C2H6/c1-5-6-7-15-16(12(2)3)21-18(20-4)22-17(15)13-8-10-14(19)11-9-13;1-2/h6-12H,5H2,1-4H3,(H,20,21,22);1-2H3/b7-6+;. The summed E-state index contributed by atoms with van der Waals surface area (Å²) >= 11 is 0. The predicted octanol–water partition coefficient (Wildman–Crippen LogP) is 5.90. The van der Waals surface area contributed by atoms with E-state index in [1.807, 2.05) is 13.8 Å². The number of benzene rings is 1. The maximum absolute atomic E-state index is 13.2. The first-order valence-electron chi connectivity index (χ1n) is 8.59. The van der Waals surface area contributed by atoms with Gasteiger partial charge in [-0.15, -0.1) is 0 Å². The van der Waals surface area contributed by atoms with Crippen molar-refractivity contribution >= 4 is 12.0 Å². The maximum atomic E-state index is 13.2. The van der Waals surface area contributed by atoms with Crippen molar-refractivity contribution in [2.75, 3.05) is 12.4 Å². The predicted molar refractivity (Wildman–Crippen MR) is 102 cm³/mol. The third-order valence-corrected chi connectivity index (χ3v) is 3.38. The lowest BCUT2D eigenvalue weighted by Gasteiger charge is -2.15. The van der Waals surface area contributed by atoms with E-state index in [0.29, 0.717) is 5.95 Å². The molecule has 1 aromatic carbocycles. The van der Waals surface area contributed by atoms with Gasteiger partial charge in [0.1, 0.15) is 5.82 Å². The van der Waals surface area contributed by atoms with Crippen LogP contribution in [-0.2, 0) is 0 Å². The number of hydrogen-bond donors (Lipinski definition) is 1. The second kappa shape index (κ2) is 9.81. The molecule has 1 aromatic heterocycles. The summed E-state index contributed by atoms with van der Waals surface area (Å²) in [5, 5.41) is 3.01. The maximum Gasteiger partial charge on any atom is 0.223 e. The summed E-state index contributed by atoms with van der Waals surface area (Å²) in [6.07, 6.45) is 5.10. The molecule has 3 nitrogen and oxygen atoms in total. The minimum Gasteiger partial charge on any atom is -0.357 e. The number of hydrogen-bond acceptors (Lipinski definition) is 3. The molecule has 0 aliphatic heterocycles. The molecule has 4 heteroatoms. The zero-order chi connectivity index (χ0) is 18.1. The highest BCUT2D eigenvalue weighted by Crippen LogP contribution is 2.30. The molecule has 2 aromatic rings. The van der Waals surface area contributed by atoms with Crippen LogP contribution >= 0.6 is 0 Å². The largest absolute Gasteiger partial charge is 0.357 e. The molecule has 0 bridgehead atoms. The third-order valence-electron chi connectivity index (χ3n) is 3.38. The Labute approximate surface area is 145 Å². The molecule has 0 saturated heterocycles. The molecule has 0 unspecified atom stereocenters. The number of aromatic nitrogens is 2. The lowest BCUT2D eigenvalue weighted by Crippen LogP contribution is -2.06. The van der Waals surface area contributed by atoms with Crippen molar-refractivity contribution in [3.05, 3.63) is 47.4 Å². The summed E-state index contributed by atoms with van der Waals surface area (Å²) in [7, 11) is 1.80. The van der Waals surface area contributed by atoms with Crippen LogP contribution in [0.2, 0.25) is 0 Å². The molecule has 0 aliphatic carbocycles. The van der Waals surface area contributed by atoms with E-state index >= 15 is 0 Å². The van der Waals surface area contributed by atoms with Crippen molar-refractivity contribution in [2.24, 2.45) is 0 Å². The smallest absolute Gasteiger partial charge is 0.223 e. The number of halogens is 1. The average molecular weight is 329 g/mol. The van der Waals surface area contributed by atoms with Gasteiger partial charge in [0.15, 0.2) is 0 Å². The molecule has 1 heterocycles. The average Bonchev–Trinajstić information content (AvgIpc) is 2.61. The lowest BCUT2D eigenvalue weighted by molar-refractivity contribution is 0.628. The van der Waals surface area contributed by atoms with Crippen molar-refractivity contribution in [1.29, 1.82) is 0 Å². The molecule has 0 saturated carbocycles. The highest BCUT2D eigenvalue weighted by Gasteiger charge is 2.16. The molecule has 2 rings (SSSR count). The second-order valence-corrected chi connectivity index (χ2v) is 5.42. The zero-order valence-corrected chi connectivity index (χ0v) is 15.5. The Kier molecular flexibility index (Phi) is 8.10. The summed E-state index contributed by atoms with van der Waals surface area (Å²) in [5.74, 6) is 0.601. The van der Waals surface area contributed by atoms with Crippen LogP contribution in [0.1, 0.15) is 58.2 Å². The molecule has 24 heavy (non-hydrogen) atoms. The van der Waals surface area contributed by atoms with Crippen molar-refractivity contribution in [1.82, 2.24) is 9.97 Å². The minimum atomic E-state index is -0.249. The number of anilines is 1. The van der Waals surface area contributed by atoms with Crippen molar-refractivity contribution in [3.8, 4) is 11.3 Å². The van der Waals surface area contributed by atoms with Crippen LogP contribution in [0.15, 0.2) is 30.3 Å². The van der Waals surface area contributed by atoms with Gasteiger partial charge in [-0.1, -0.05) is 46.8 Å². The molecule has 0 fully saturated rings. The van der Waals surface area contributed by atoms with Crippen LogP contribution in [0.5, 0.6) is 0 Å². The van der Waals surface area contributed by atoms with Crippen molar-refractivity contribution < 1.29 is 4.39 Å². The zero-order valence-electron chi connectivity index (χ0n) is 15.5. The fourth-order valence-electron chi connectivity index (χ4n) is 2.27. The first-order chi connectivity index (χ1) is 11.6. The molecule has 130 valence electrons. The molecular weight excluding hydrogens is 301 g/mol. The van der Waals surface area contributed by atoms with E-state index < -0.39 is 0 Å². The Hall–Kier alpha value is -2.23. The summed E-state index contributed by atoms with van der Waals surface area (Å²) < 4.78 is 13.2. The Morgan fingerprint density at radius 2 is 1.75 bits per heavy atom. The molecule has 1 N–H and O–H groups in total. The van der Waals surface area contributed by atoms with Crippen LogP contribution in [0.25, 0.3) is 17.3 Å². The van der Waals surface area contributed by atoms with Crippen LogP contribution in [0, 0.1) is 5.82 Å². The Morgan fingerprint density at radius 1 is 1.12 bits per heavy atom. The third kappa shape index (κ3) is 4.88. The van der Waals surface area contributed by atoms with Gasteiger partial charge in [0, 0.05) is 18.2 Å². The van der Waals surface area contributed by atoms with Gasteiger partial charge in [-0.3, -0.25) is 0 Å². The van der Waals surface area contributed by atoms with E-state index in [4.69, 9.17) is 0 Å². The monoisotopic (exact) mass is 329 g/mol. The van der Waals surface area contributed by atoms with Crippen LogP contribution in [0.4, 0.5) is 10.3 Å². The highest BCUT2D eigenvalue weighted by atomic mass is 19.1. The fourth-order valence-corrected chi connectivity index (χ4v) is 2.27. The van der Waals surface area contributed by atoms with E-state index in [2.05, 4.69) is 48.2 Å². The number of nitrogens with zero attached hydrogens (tertiary/aromatic N) is 2. The summed E-state index contributed by atoms with van der Waals surface area (Å²) in [6.45, 7) is 10.3. The van der Waals surface area contributed by atoms with Gasteiger partial charge in [-0.05, 0) is 36.6 Å². The van der Waals surface area contributed by atoms with Gasteiger partial charge < -0.3 is 5.32 Å². The normalized spacial score (nSPS) is 10.7. The number of rotatable bonds is 5. The highest BCUT2D eigenvalue weighted by molar-refractivity contribution is 5.74. The van der Waals surface area contributed by atoms with Crippen LogP contribution in [0.3, 0.4) is 0 Å². The van der Waals surface area contributed by atoms with E-state index in [1.54, 1.807) is 19.2 Å². The van der Waals surface area contributed by atoms with E-state index in [1.165, 1.54) is 12.1 Å². The SMILES string of the molecule is CC.CC/C=C/c1c(-c2ccc(F)cc2)nc(NC)nc1C(C)C. The summed E-state index contributed by atoms with van der Waals surface area (Å²) in [4.78, 5) is 9.19. The van der Waals surface area contributed by atoms with E-state index in [0.717, 1.165) is 28.9 Å². The van der Waals surface area contributed by atoms with Gasteiger partial charge in [-0.25, -0.2) is 14.4 Å². The van der Waals surface area contributed by atoms with Crippen LogP contribution in [-0.4, -0.2) is 17.0 Å². The van der Waals surface area contributed by atoms with Gasteiger partial charge in [0.2, 0.25) is 5.95 Å². The van der Waals surface area contributed by atoms with Gasteiger partial charge in [0.25, 0.3) is 0 Å². The van der Waals surface area contributed by atoms with Gasteiger partial charge >= 0.3 is 0 Å². The first kappa shape index (κ1) is 19.8. The van der Waals surface area contributed by atoms with Gasteiger partial charge in [-0.2, -0.15) is 0 Å². The molecule has 0 aliphatic rings. The van der Waals surface area contributed by atoms with E-state index in [-0.39, 0.29) is 11.7 Å². The summed E-state index contributed by atoms with van der Waals surface area (Å²) in [6, 6.07) is 6.42. The van der Waals surface area contributed by atoms with Crippen molar-refractivity contribution in [3.63, 3.8) is 0 Å². The van der Waals surface area contributed by atoms with Crippen molar-refractivity contribution in [2.45, 2.75) is 47.0 Å². The Balaban J connectivity index is 0.00000139. The summed E-state index contributed by atoms with van der Waals surface area (Å²) in [5.41, 5.74) is 3.71.